The minimum Gasteiger partial charge on any atom is -0.492 e. The van der Waals surface area contributed by atoms with E-state index in [4.69, 9.17) is 4.74 Å². The zero-order valence-electron chi connectivity index (χ0n) is 14.4. The molecular formula is C19H23N3O3. The van der Waals surface area contributed by atoms with Crippen LogP contribution in [0.2, 0.25) is 0 Å². The molecule has 1 amide bonds. The Labute approximate surface area is 147 Å². The fourth-order valence-corrected chi connectivity index (χ4v) is 2.88. The van der Waals surface area contributed by atoms with Crippen LogP contribution in [-0.2, 0) is 0 Å². The number of piperazine rings is 1. The number of para-hydroxylation sites is 1. The number of carbonyl (C=O) groups is 2. The van der Waals surface area contributed by atoms with Crippen LogP contribution in [0.5, 0.6) is 5.75 Å². The lowest BCUT2D eigenvalue weighted by molar-refractivity contribution is 0.0615. The van der Waals surface area contributed by atoms with Crippen molar-refractivity contribution in [2.45, 2.75) is 6.92 Å². The Hall–Kier alpha value is -2.60. The van der Waals surface area contributed by atoms with Gasteiger partial charge in [0.05, 0.1) is 0 Å². The highest BCUT2D eigenvalue weighted by Gasteiger charge is 2.23. The molecule has 1 aromatic heterocycles. The van der Waals surface area contributed by atoms with Crippen molar-refractivity contribution in [3.05, 3.63) is 53.9 Å². The molecule has 0 aliphatic carbocycles. The molecule has 132 valence electrons. The van der Waals surface area contributed by atoms with E-state index in [1.165, 1.54) is 6.92 Å². The van der Waals surface area contributed by atoms with Crippen LogP contribution in [0.15, 0.2) is 42.6 Å². The van der Waals surface area contributed by atoms with Gasteiger partial charge < -0.3 is 14.6 Å². The number of carbonyl (C=O) groups excluding carboxylic acids is 2. The van der Waals surface area contributed by atoms with Gasteiger partial charge in [0.1, 0.15) is 18.1 Å². The highest BCUT2D eigenvalue weighted by atomic mass is 16.5. The lowest BCUT2D eigenvalue weighted by atomic mass is 10.2. The Morgan fingerprint density at radius 2 is 1.84 bits per heavy atom. The molecule has 0 saturated carbocycles. The highest BCUT2D eigenvalue weighted by molar-refractivity contribution is 5.99. The second kappa shape index (κ2) is 7.98. The number of rotatable bonds is 6. The third kappa shape index (κ3) is 4.48. The number of benzene rings is 1. The van der Waals surface area contributed by atoms with Gasteiger partial charge in [0.15, 0.2) is 5.78 Å². The van der Waals surface area contributed by atoms with Crippen molar-refractivity contribution in [2.24, 2.45) is 0 Å². The molecule has 6 nitrogen and oxygen atoms in total. The number of hydrogen-bond acceptors (Lipinski definition) is 4. The predicted octanol–water partition coefficient (Wildman–Crippen LogP) is 2.05. The molecule has 25 heavy (non-hydrogen) atoms. The smallest absolute Gasteiger partial charge is 0.270 e. The van der Waals surface area contributed by atoms with Crippen LogP contribution in [-0.4, -0.2) is 65.8 Å². The van der Waals surface area contributed by atoms with Crippen LogP contribution in [0.25, 0.3) is 0 Å². The van der Waals surface area contributed by atoms with E-state index in [0.717, 1.165) is 25.4 Å². The Morgan fingerprint density at radius 3 is 2.48 bits per heavy atom. The maximum atomic E-state index is 12.5. The average Bonchev–Trinajstić information content (AvgIpc) is 3.13. The molecule has 0 spiro atoms. The minimum atomic E-state index is -0.0484. The molecule has 2 heterocycles. The summed E-state index contributed by atoms with van der Waals surface area (Å²) in [7, 11) is 0. The lowest BCUT2D eigenvalue weighted by Gasteiger charge is -2.34. The molecule has 0 atom stereocenters. The number of ketones is 1. The molecule has 1 aromatic carbocycles. The van der Waals surface area contributed by atoms with E-state index >= 15 is 0 Å². The van der Waals surface area contributed by atoms with Crippen LogP contribution < -0.4 is 4.74 Å². The molecule has 1 saturated heterocycles. The number of amides is 1. The van der Waals surface area contributed by atoms with Crippen molar-refractivity contribution in [2.75, 3.05) is 39.3 Å². The molecule has 1 aliphatic rings. The summed E-state index contributed by atoms with van der Waals surface area (Å²) < 4.78 is 5.72. The number of aromatic amines is 1. The van der Waals surface area contributed by atoms with Crippen LogP contribution in [0.3, 0.4) is 0 Å². The molecule has 2 aromatic rings. The Kier molecular flexibility index (Phi) is 5.50. The van der Waals surface area contributed by atoms with Crippen LogP contribution >= 0.6 is 0 Å². The van der Waals surface area contributed by atoms with Crippen LogP contribution in [0, 0.1) is 0 Å². The number of aromatic nitrogens is 1. The normalized spacial score (nSPS) is 15.2. The number of hydrogen-bond donors (Lipinski definition) is 1. The lowest BCUT2D eigenvalue weighted by Crippen LogP contribution is -2.49. The van der Waals surface area contributed by atoms with Gasteiger partial charge in [-0.1, -0.05) is 18.2 Å². The average molecular weight is 341 g/mol. The van der Waals surface area contributed by atoms with Crippen LogP contribution in [0.1, 0.15) is 27.8 Å². The fourth-order valence-electron chi connectivity index (χ4n) is 2.88. The molecule has 1 fully saturated rings. The minimum absolute atomic E-state index is 0.0430. The van der Waals surface area contributed by atoms with Gasteiger partial charge in [0, 0.05) is 44.5 Å². The van der Waals surface area contributed by atoms with Gasteiger partial charge in [-0.3, -0.25) is 14.5 Å². The number of nitrogens with one attached hydrogen (secondary N) is 1. The van der Waals surface area contributed by atoms with Crippen molar-refractivity contribution in [1.29, 1.82) is 0 Å². The van der Waals surface area contributed by atoms with Crippen molar-refractivity contribution in [1.82, 2.24) is 14.8 Å². The second-order valence-electron chi connectivity index (χ2n) is 6.15. The first-order valence-corrected chi connectivity index (χ1v) is 8.52. The Balaban J connectivity index is 1.43. The van der Waals surface area contributed by atoms with Crippen molar-refractivity contribution < 1.29 is 14.3 Å². The fraction of sp³-hybridized carbons (Fsp3) is 0.368. The Bertz CT molecular complexity index is 719. The van der Waals surface area contributed by atoms with Crippen molar-refractivity contribution in [3.8, 4) is 5.75 Å². The summed E-state index contributed by atoms with van der Waals surface area (Å²) in [6.45, 7) is 5.98. The number of ether oxygens (including phenoxy) is 1. The highest BCUT2D eigenvalue weighted by Crippen LogP contribution is 2.11. The van der Waals surface area contributed by atoms with Crippen molar-refractivity contribution in [3.63, 3.8) is 0 Å². The standard InChI is InChI=1S/C19H23N3O3/c1-15(23)16-13-18(20-14-16)19(24)22-9-7-21(8-10-22)11-12-25-17-5-3-2-4-6-17/h2-6,13-14,20H,7-12H2,1H3. The maximum absolute atomic E-state index is 12.5. The van der Waals surface area contributed by atoms with E-state index < -0.39 is 0 Å². The van der Waals surface area contributed by atoms with E-state index in [2.05, 4.69) is 9.88 Å². The van der Waals surface area contributed by atoms with E-state index in [1.54, 1.807) is 12.3 Å². The number of H-pyrrole nitrogens is 1. The summed E-state index contributed by atoms with van der Waals surface area (Å²) in [5, 5.41) is 0. The van der Waals surface area contributed by atoms with Gasteiger partial charge >= 0.3 is 0 Å². The molecular weight excluding hydrogens is 318 g/mol. The van der Waals surface area contributed by atoms with Crippen molar-refractivity contribution >= 4 is 11.7 Å². The van der Waals surface area contributed by atoms with Gasteiger partial charge in [-0.15, -0.1) is 0 Å². The first kappa shape index (κ1) is 17.2. The molecule has 6 heteroatoms. The van der Waals surface area contributed by atoms with Gasteiger partial charge in [-0.25, -0.2) is 0 Å². The molecule has 1 N–H and O–H groups in total. The van der Waals surface area contributed by atoms with Gasteiger partial charge in [-0.05, 0) is 25.1 Å². The third-order valence-corrected chi connectivity index (χ3v) is 4.40. The summed E-state index contributed by atoms with van der Waals surface area (Å²) in [6, 6.07) is 11.4. The SMILES string of the molecule is CC(=O)c1c[nH]c(C(=O)N2CCN(CCOc3ccccc3)CC2)c1. The maximum Gasteiger partial charge on any atom is 0.270 e. The largest absolute Gasteiger partial charge is 0.492 e. The monoisotopic (exact) mass is 341 g/mol. The predicted molar refractivity (Wildman–Crippen MR) is 95.1 cm³/mol. The number of nitrogens with zero attached hydrogens (tertiary/aromatic N) is 2. The summed E-state index contributed by atoms with van der Waals surface area (Å²) in [4.78, 5) is 30.8. The zero-order valence-corrected chi connectivity index (χ0v) is 14.4. The van der Waals surface area contributed by atoms with E-state index in [0.29, 0.717) is 31.0 Å². The van der Waals surface area contributed by atoms with Gasteiger partial charge in [0.25, 0.3) is 5.91 Å². The van der Waals surface area contributed by atoms with Gasteiger partial charge in [0.2, 0.25) is 0 Å². The van der Waals surface area contributed by atoms with E-state index in [-0.39, 0.29) is 11.7 Å². The zero-order chi connectivity index (χ0) is 17.6. The summed E-state index contributed by atoms with van der Waals surface area (Å²) in [6.07, 6.45) is 1.59. The van der Waals surface area contributed by atoms with E-state index in [9.17, 15) is 9.59 Å². The third-order valence-electron chi connectivity index (χ3n) is 4.40. The van der Waals surface area contributed by atoms with Gasteiger partial charge in [-0.2, -0.15) is 0 Å². The Morgan fingerprint density at radius 1 is 1.12 bits per heavy atom. The summed E-state index contributed by atoms with van der Waals surface area (Å²) in [5.74, 6) is 0.788. The second-order valence-corrected chi connectivity index (χ2v) is 6.15. The first-order valence-electron chi connectivity index (χ1n) is 8.52. The molecule has 1 aliphatic heterocycles. The molecule has 0 bridgehead atoms. The molecule has 0 unspecified atom stereocenters. The first-order chi connectivity index (χ1) is 12.1. The summed E-state index contributed by atoms with van der Waals surface area (Å²) in [5.41, 5.74) is 1.02. The quantitative estimate of drug-likeness (QED) is 0.817. The number of Topliss-reactive ketones (excluding diaryl/α,β-unsaturated/α-hetero) is 1. The molecule has 0 radical (unpaired) electrons. The van der Waals surface area contributed by atoms with Crippen LogP contribution in [0.4, 0.5) is 0 Å². The molecule has 3 rings (SSSR count). The summed E-state index contributed by atoms with van der Waals surface area (Å²) >= 11 is 0. The van der Waals surface area contributed by atoms with E-state index in [1.807, 2.05) is 35.2 Å². The topological polar surface area (TPSA) is 65.6 Å².